The van der Waals surface area contributed by atoms with Crippen LogP contribution in [0.4, 0.5) is 0 Å². The normalized spacial score (nSPS) is 14.2. The quantitative estimate of drug-likeness (QED) is 0.383. The first-order chi connectivity index (χ1) is 9.56. The fourth-order valence-electron chi connectivity index (χ4n) is 2.34. The molecular weight excluding hydrogens is 248 g/mol. The monoisotopic (exact) mass is 284 g/mol. The maximum atomic E-state index is 11.5. The van der Waals surface area contributed by atoms with Crippen molar-refractivity contribution >= 4 is 5.78 Å². The zero-order chi connectivity index (χ0) is 15.3. The van der Waals surface area contributed by atoms with Gasteiger partial charge in [0.25, 0.3) is 0 Å². The van der Waals surface area contributed by atoms with Gasteiger partial charge in [0.1, 0.15) is 5.60 Å². The minimum Gasteiger partial charge on any atom is -0.368 e. The van der Waals surface area contributed by atoms with Crippen LogP contribution in [0.3, 0.4) is 0 Å². The van der Waals surface area contributed by atoms with Crippen molar-refractivity contribution in [1.82, 2.24) is 0 Å². The maximum absolute atomic E-state index is 11.5. The molecule has 0 bridgehead atoms. The van der Waals surface area contributed by atoms with Crippen molar-refractivity contribution in [2.45, 2.75) is 104 Å². The van der Waals surface area contributed by atoms with Crippen molar-refractivity contribution < 1.29 is 9.53 Å². The third-order valence-electron chi connectivity index (χ3n) is 4.34. The fraction of sp³-hybridized carbons (Fsp3) is 0.944. The SMILES string of the molecule is CCCCCCCCCCCCOC(C)(CC)C(C)=O. The van der Waals surface area contributed by atoms with E-state index in [0.29, 0.717) is 0 Å². The van der Waals surface area contributed by atoms with Gasteiger partial charge in [0.2, 0.25) is 0 Å². The van der Waals surface area contributed by atoms with Crippen LogP contribution in [0, 0.1) is 0 Å². The van der Waals surface area contributed by atoms with Crippen LogP contribution in [0.5, 0.6) is 0 Å². The molecule has 20 heavy (non-hydrogen) atoms. The van der Waals surface area contributed by atoms with Gasteiger partial charge < -0.3 is 4.74 Å². The van der Waals surface area contributed by atoms with Crippen molar-refractivity contribution in [2.24, 2.45) is 0 Å². The molecule has 2 heteroatoms. The van der Waals surface area contributed by atoms with Crippen molar-refractivity contribution in [2.75, 3.05) is 6.61 Å². The molecule has 0 saturated carbocycles. The predicted molar refractivity (Wildman–Crippen MR) is 87.2 cm³/mol. The van der Waals surface area contributed by atoms with Gasteiger partial charge in [0, 0.05) is 6.61 Å². The molecule has 0 aliphatic carbocycles. The van der Waals surface area contributed by atoms with Crippen LogP contribution >= 0.6 is 0 Å². The van der Waals surface area contributed by atoms with Gasteiger partial charge in [-0.25, -0.2) is 0 Å². The number of rotatable bonds is 14. The van der Waals surface area contributed by atoms with E-state index in [2.05, 4.69) is 6.92 Å². The van der Waals surface area contributed by atoms with E-state index in [4.69, 9.17) is 4.74 Å². The summed E-state index contributed by atoms with van der Waals surface area (Å²) in [7, 11) is 0. The molecule has 0 N–H and O–H groups in total. The Balaban J connectivity index is 3.34. The number of carbonyl (C=O) groups excluding carboxylic acids is 1. The van der Waals surface area contributed by atoms with E-state index in [1.807, 2.05) is 13.8 Å². The number of hydrogen-bond acceptors (Lipinski definition) is 2. The van der Waals surface area contributed by atoms with Crippen molar-refractivity contribution in [1.29, 1.82) is 0 Å². The molecule has 2 nitrogen and oxygen atoms in total. The highest BCUT2D eigenvalue weighted by Gasteiger charge is 2.27. The third-order valence-corrected chi connectivity index (χ3v) is 4.34. The highest BCUT2D eigenvalue weighted by atomic mass is 16.5. The topological polar surface area (TPSA) is 26.3 Å². The Morgan fingerprint density at radius 2 is 1.30 bits per heavy atom. The summed E-state index contributed by atoms with van der Waals surface area (Å²) in [4.78, 5) is 11.5. The van der Waals surface area contributed by atoms with Crippen molar-refractivity contribution in [3.05, 3.63) is 0 Å². The molecule has 0 amide bonds. The van der Waals surface area contributed by atoms with Gasteiger partial charge in [0.15, 0.2) is 5.78 Å². The highest BCUT2D eigenvalue weighted by Crippen LogP contribution is 2.17. The summed E-state index contributed by atoms with van der Waals surface area (Å²) in [5, 5.41) is 0. The summed E-state index contributed by atoms with van der Waals surface area (Å²) in [5.74, 6) is 0.145. The van der Waals surface area contributed by atoms with E-state index in [1.165, 1.54) is 57.8 Å². The van der Waals surface area contributed by atoms with Crippen molar-refractivity contribution in [3.8, 4) is 0 Å². The van der Waals surface area contributed by atoms with Gasteiger partial charge in [0.05, 0.1) is 0 Å². The standard InChI is InChI=1S/C18H36O2/c1-5-7-8-9-10-11-12-13-14-15-16-20-18(4,6-2)17(3)19/h5-16H2,1-4H3. The summed E-state index contributed by atoms with van der Waals surface area (Å²) < 4.78 is 5.76. The number of carbonyl (C=O) groups is 1. The molecule has 0 saturated heterocycles. The molecule has 0 fully saturated rings. The summed E-state index contributed by atoms with van der Waals surface area (Å²) in [6, 6.07) is 0. The van der Waals surface area contributed by atoms with E-state index in [9.17, 15) is 4.79 Å². The molecule has 0 aliphatic heterocycles. The van der Waals surface area contributed by atoms with E-state index in [-0.39, 0.29) is 5.78 Å². The lowest BCUT2D eigenvalue weighted by Gasteiger charge is -2.25. The van der Waals surface area contributed by atoms with E-state index in [0.717, 1.165) is 19.4 Å². The summed E-state index contributed by atoms with van der Waals surface area (Å²) in [6.45, 7) is 8.53. The molecular formula is C18H36O2. The van der Waals surface area contributed by atoms with Gasteiger partial charge in [-0.3, -0.25) is 4.79 Å². The van der Waals surface area contributed by atoms with Crippen LogP contribution in [0.1, 0.15) is 98.3 Å². The molecule has 0 spiro atoms. The number of ether oxygens (including phenoxy) is 1. The first-order valence-electron chi connectivity index (χ1n) is 8.71. The lowest BCUT2D eigenvalue weighted by atomic mass is 9.98. The molecule has 0 rings (SSSR count). The zero-order valence-corrected chi connectivity index (χ0v) is 14.3. The minimum absolute atomic E-state index is 0.145. The molecule has 0 aromatic carbocycles. The van der Waals surface area contributed by atoms with Crippen LogP contribution in [0.25, 0.3) is 0 Å². The Bertz CT molecular complexity index is 238. The smallest absolute Gasteiger partial charge is 0.161 e. The predicted octanol–water partition coefficient (Wildman–Crippen LogP) is 5.68. The molecule has 0 aromatic rings. The van der Waals surface area contributed by atoms with Gasteiger partial charge >= 0.3 is 0 Å². The average Bonchev–Trinajstić information content (AvgIpc) is 2.44. The van der Waals surface area contributed by atoms with Crippen LogP contribution in [0.2, 0.25) is 0 Å². The fourth-order valence-corrected chi connectivity index (χ4v) is 2.34. The number of Topliss-reactive ketones (excluding diaryl/α,β-unsaturated/α-hetero) is 1. The highest BCUT2D eigenvalue weighted by molar-refractivity contribution is 5.84. The molecule has 120 valence electrons. The first kappa shape index (κ1) is 19.6. The molecule has 1 unspecified atom stereocenters. The molecule has 1 atom stereocenters. The Hall–Kier alpha value is -0.370. The second-order valence-corrected chi connectivity index (χ2v) is 6.17. The minimum atomic E-state index is -0.556. The summed E-state index contributed by atoms with van der Waals surface area (Å²) in [6.07, 6.45) is 14.0. The number of hydrogen-bond donors (Lipinski definition) is 0. The molecule has 0 radical (unpaired) electrons. The lowest BCUT2D eigenvalue weighted by molar-refractivity contribution is -0.140. The Kier molecular flexibility index (Phi) is 12.1. The summed E-state index contributed by atoms with van der Waals surface area (Å²) in [5.41, 5.74) is -0.556. The van der Waals surface area contributed by atoms with Crippen molar-refractivity contribution in [3.63, 3.8) is 0 Å². The van der Waals surface area contributed by atoms with E-state index < -0.39 is 5.60 Å². The van der Waals surface area contributed by atoms with Crippen LogP contribution in [-0.4, -0.2) is 18.0 Å². The molecule has 0 heterocycles. The van der Waals surface area contributed by atoms with Gasteiger partial charge in [-0.1, -0.05) is 71.6 Å². The number of ketones is 1. The van der Waals surface area contributed by atoms with Crippen LogP contribution in [0.15, 0.2) is 0 Å². The second-order valence-electron chi connectivity index (χ2n) is 6.17. The maximum Gasteiger partial charge on any atom is 0.161 e. The van der Waals surface area contributed by atoms with Gasteiger partial charge in [-0.2, -0.15) is 0 Å². The molecule has 0 aromatic heterocycles. The zero-order valence-electron chi connectivity index (χ0n) is 14.3. The number of unbranched alkanes of at least 4 members (excludes halogenated alkanes) is 9. The Morgan fingerprint density at radius 3 is 1.70 bits per heavy atom. The first-order valence-corrected chi connectivity index (χ1v) is 8.71. The van der Waals surface area contributed by atoms with Gasteiger partial charge in [-0.15, -0.1) is 0 Å². The largest absolute Gasteiger partial charge is 0.368 e. The van der Waals surface area contributed by atoms with E-state index in [1.54, 1.807) is 6.92 Å². The molecule has 0 aliphatic rings. The Morgan fingerprint density at radius 1 is 0.850 bits per heavy atom. The lowest BCUT2D eigenvalue weighted by Crippen LogP contribution is -2.36. The second kappa shape index (κ2) is 12.4. The summed E-state index contributed by atoms with van der Waals surface area (Å²) >= 11 is 0. The third kappa shape index (κ3) is 9.52. The Labute approximate surface area is 126 Å². The average molecular weight is 284 g/mol. The van der Waals surface area contributed by atoms with Gasteiger partial charge in [-0.05, 0) is 26.7 Å². The van der Waals surface area contributed by atoms with Crippen LogP contribution in [-0.2, 0) is 9.53 Å². The van der Waals surface area contributed by atoms with E-state index >= 15 is 0 Å². The van der Waals surface area contributed by atoms with Crippen LogP contribution < -0.4 is 0 Å².